The summed E-state index contributed by atoms with van der Waals surface area (Å²) < 4.78 is 27.9. The van der Waals surface area contributed by atoms with Gasteiger partial charge in [0.05, 0.1) is 5.75 Å². The highest BCUT2D eigenvalue weighted by Gasteiger charge is 2.55. The summed E-state index contributed by atoms with van der Waals surface area (Å²) >= 11 is 0. The molecule has 0 aliphatic heterocycles. The van der Waals surface area contributed by atoms with E-state index in [1.165, 1.54) is 6.26 Å². The van der Waals surface area contributed by atoms with Gasteiger partial charge in [0.2, 0.25) is 0 Å². The smallest absolute Gasteiger partial charge is 0.407 e. The molecule has 2 fully saturated rings. The molecule has 2 aliphatic rings. The van der Waals surface area contributed by atoms with Crippen LogP contribution in [0.3, 0.4) is 0 Å². The molecule has 2 rings (SSSR count). The standard InChI is InChI=1S/C13H23NO4S/c1-13(2,3)18-12(15)14-11-5-8(7-19(4,16)17)9-6-10(9)11/h8-11H,5-7H2,1-4H3,(H,14,15). The van der Waals surface area contributed by atoms with Crippen LogP contribution in [0.2, 0.25) is 0 Å². The lowest BCUT2D eigenvalue weighted by Gasteiger charge is -2.23. The molecular weight excluding hydrogens is 266 g/mol. The molecule has 5 nitrogen and oxygen atoms in total. The number of carbonyl (C=O) groups is 1. The van der Waals surface area contributed by atoms with Gasteiger partial charge in [0, 0.05) is 12.3 Å². The maximum Gasteiger partial charge on any atom is 0.407 e. The highest BCUT2D eigenvalue weighted by Crippen LogP contribution is 2.55. The average molecular weight is 289 g/mol. The fraction of sp³-hybridized carbons (Fsp3) is 0.923. The van der Waals surface area contributed by atoms with Crippen molar-refractivity contribution in [1.29, 1.82) is 0 Å². The van der Waals surface area contributed by atoms with Crippen LogP contribution in [-0.2, 0) is 14.6 Å². The van der Waals surface area contributed by atoms with E-state index >= 15 is 0 Å². The first-order valence-electron chi connectivity index (χ1n) is 6.72. The Labute approximate surface area is 115 Å². The molecule has 0 aromatic rings. The van der Waals surface area contributed by atoms with Crippen molar-refractivity contribution in [3.63, 3.8) is 0 Å². The Balaban J connectivity index is 1.86. The number of amides is 1. The molecule has 0 spiro atoms. The maximum atomic E-state index is 11.7. The van der Waals surface area contributed by atoms with Gasteiger partial charge in [-0.3, -0.25) is 0 Å². The molecule has 0 bridgehead atoms. The van der Waals surface area contributed by atoms with Crippen LogP contribution >= 0.6 is 0 Å². The normalized spacial score (nSPS) is 33.7. The second kappa shape index (κ2) is 4.65. The van der Waals surface area contributed by atoms with E-state index in [0.717, 1.165) is 12.8 Å². The van der Waals surface area contributed by atoms with E-state index in [1.54, 1.807) is 0 Å². The van der Waals surface area contributed by atoms with Gasteiger partial charge in [0.25, 0.3) is 0 Å². The van der Waals surface area contributed by atoms with Crippen LogP contribution in [0, 0.1) is 17.8 Å². The Morgan fingerprint density at radius 1 is 1.26 bits per heavy atom. The van der Waals surface area contributed by atoms with Crippen molar-refractivity contribution in [3.8, 4) is 0 Å². The van der Waals surface area contributed by atoms with E-state index in [-0.39, 0.29) is 17.7 Å². The predicted molar refractivity (Wildman–Crippen MR) is 72.6 cm³/mol. The van der Waals surface area contributed by atoms with E-state index < -0.39 is 21.5 Å². The molecule has 19 heavy (non-hydrogen) atoms. The highest BCUT2D eigenvalue weighted by atomic mass is 32.2. The van der Waals surface area contributed by atoms with E-state index in [9.17, 15) is 13.2 Å². The summed E-state index contributed by atoms with van der Waals surface area (Å²) in [5.41, 5.74) is -0.502. The van der Waals surface area contributed by atoms with Gasteiger partial charge in [0.1, 0.15) is 15.4 Å². The molecule has 0 aromatic carbocycles. The Hall–Kier alpha value is -0.780. The summed E-state index contributed by atoms with van der Waals surface area (Å²) in [7, 11) is -2.94. The lowest BCUT2D eigenvalue weighted by molar-refractivity contribution is 0.0498. The summed E-state index contributed by atoms with van der Waals surface area (Å²) in [6.45, 7) is 5.48. The van der Waals surface area contributed by atoms with E-state index in [1.807, 2.05) is 20.8 Å². The van der Waals surface area contributed by atoms with Gasteiger partial charge >= 0.3 is 6.09 Å². The van der Waals surface area contributed by atoms with Gasteiger partial charge in [0.15, 0.2) is 0 Å². The van der Waals surface area contributed by atoms with Crippen LogP contribution in [0.4, 0.5) is 4.79 Å². The summed E-state index contributed by atoms with van der Waals surface area (Å²) in [5, 5.41) is 2.89. The fourth-order valence-electron chi connectivity index (χ4n) is 3.12. The zero-order valence-electron chi connectivity index (χ0n) is 12.0. The molecule has 1 N–H and O–H groups in total. The average Bonchev–Trinajstić information content (AvgIpc) is 2.83. The van der Waals surface area contributed by atoms with Crippen LogP contribution < -0.4 is 5.32 Å². The monoisotopic (exact) mass is 289 g/mol. The number of rotatable bonds is 3. The van der Waals surface area contributed by atoms with E-state index in [4.69, 9.17) is 4.74 Å². The van der Waals surface area contributed by atoms with Crippen LogP contribution in [0.15, 0.2) is 0 Å². The lowest BCUT2D eigenvalue weighted by atomic mass is 10.0. The summed E-state index contributed by atoms with van der Waals surface area (Å²) in [6.07, 6.45) is 2.66. The SMILES string of the molecule is CC(C)(C)OC(=O)NC1CC(CS(C)(=O)=O)C2CC12. The van der Waals surface area contributed by atoms with Crippen LogP contribution in [-0.4, -0.2) is 38.2 Å². The molecular formula is C13H23NO4S. The number of alkyl carbamates (subject to hydrolysis) is 1. The molecule has 6 heteroatoms. The molecule has 0 heterocycles. The molecule has 2 saturated carbocycles. The molecule has 0 aromatic heterocycles. The maximum absolute atomic E-state index is 11.7. The summed E-state index contributed by atoms with van der Waals surface area (Å²) in [4.78, 5) is 11.7. The molecule has 110 valence electrons. The zero-order chi connectivity index (χ0) is 14.4. The van der Waals surface area contributed by atoms with Crippen molar-refractivity contribution in [2.24, 2.45) is 17.8 Å². The topological polar surface area (TPSA) is 72.5 Å². The number of nitrogens with one attached hydrogen (secondary N) is 1. The molecule has 4 atom stereocenters. The van der Waals surface area contributed by atoms with Crippen molar-refractivity contribution >= 4 is 15.9 Å². The van der Waals surface area contributed by atoms with Crippen molar-refractivity contribution < 1.29 is 17.9 Å². The minimum atomic E-state index is -2.94. The number of ether oxygens (including phenoxy) is 1. The molecule has 1 amide bonds. The Morgan fingerprint density at radius 3 is 2.42 bits per heavy atom. The van der Waals surface area contributed by atoms with Crippen molar-refractivity contribution in [2.75, 3.05) is 12.0 Å². The third-order valence-corrected chi connectivity index (χ3v) is 4.82. The summed E-state index contributed by atoms with van der Waals surface area (Å²) in [6, 6.07) is 0.0756. The predicted octanol–water partition coefficient (Wildman–Crippen LogP) is 1.58. The lowest BCUT2D eigenvalue weighted by Crippen LogP contribution is -2.39. The molecule has 4 unspecified atom stereocenters. The van der Waals surface area contributed by atoms with Gasteiger partial charge in [-0.1, -0.05) is 0 Å². The number of hydrogen-bond acceptors (Lipinski definition) is 4. The summed E-state index contributed by atoms with van der Waals surface area (Å²) in [5.74, 6) is 1.34. The van der Waals surface area contributed by atoms with Crippen LogP contribution in [0.5, 0.6) is 0 Å². The number of hydrogen-bond donors (Lipinski definition) is 1. The van der Waals surface area contributed by atoms with Gasteiger partial charge in [-0.05, 0) is 51.4 Å². The Morgan fingerprint density at radius 2 is 1.89 bits per heavy atom. The molecule has 0 radical (unpaired) electrons. The van der Waals surface area contributed by atoms with Gasteiger partial charge < -0.3 is 10.1 Å². The zero-order valence-corrected chi connectivity index (χ0v) is 12.8. The first-order valence-corrected chi connectivity index (χ1v) is 8.78. The Kier molecular flexibility index (Phi) is 3.58. The van der Waals surface area contributed by atoms with E-state index in [0.29, 0.717) is 11.8 Å². The van der Waals surface area contributed by atoms with Crippen molar-refractivity contribution in [3.05, 3.63) is 0 Å². The largest absolute Gasteiger partial charge is 0.444 e. The second-order valence-corrected chi connectivity index (χ2v) is 9.09. The highest BCUT2D eigenvalue weighted by molar-refractivity contribution is 7.90. The van der Waals surface area contributed by atoms with Gasteiger partial charge in [-0.25, -0.2) is 13.2 Å². The third kappa shape index (κ3) is 4.09. The van der Waals surface area contributed by atoms with E-state index in [2.05, 4.69) is 5.32 Å². The van der Waals surface area contributed by atoms with Crippen molar-refractivity contribution in [1.82, 2.24) is 5.32 Å². The number of fused-ring (bicyclic) bond motifs is 1. The molecule has 0 saturated heterocycles. The van der Waals surface area contributed by atoms with Gasteiger partial charge in [-0.2, -0.15) is 0 Å². The minimum Gasteiger partial charge on any atom is -0.444 e. The third-order valence-electron chi connectivity index (χ3n) is 3.79. The van der Waals surface area contributed by atoms with Crippen LogP contribution in [0.1, 0.15) is 33.6 Å². The number of sulfone groups is 1. The molecule has 2 aliphatic carbocycles. The first-order chi connectivity index (χ1) is 8.55. The minimum absolute atomic E-state index is 0.0756. The fourth-order valence-corrected chi connectivity index (χ4v) is 4.28. The Bertz CT molecular complexity index is 466. The van der Waals surface area contributed by atoms with Crippen molar-refractivity contribution in [2.45, 2.75) is 45.3 Å². The first kappa shape index (κ1) is 14.6. The number of carbonyl (C=O) groups excluding carboxylic acids is 1. The van der Waals surface area contributed by atoms with Gasteiger partial charge in [-0.15, -0.1) is 0 Å². The second-order valence-electron chi connectivity index (χ2n) is 6.90. The quantitative estimate of drug-likeness (QED) is 0.856. The van der Waals surface area contributed by atoms with Crippen LogP contribution in [0.25, 0.3) is 0 Å².